The topological polar surface area (TPSA) is 126 Å². The smallest absolute Gasteiger partial charge is 0.430 e. The molecular formula is C17H21BNO8-. The lowest BCUT2D eigenvalue weighted by Crippen LogP contribution is -2.58. The van der Waals surface area contributed by atoms with E-state index in [-0.39, 0.29) is 41.5 Å². The van der Waals surface area contributed by atoms with E-state index in [0.29, 0.717) is 31.7 Å². The largest absolute Gasteiger partial charge is 0.669 e. The molecule has 0 spiro atoms. The molecule has 1 atom stereocenters. The number of amides is 1. The zero-order valence-corrected chi connectivity index (χ0v) is 14.7. The molecule has 9 nitrogen and oxygen atoms in total. The van der Waals surface area contributed by atoms with E-state index < -0.39 is 12.7 Å². The first-order valence-electron chi connectivity index (χ1n) is 9.09. The van der Waals surface area contributed by atoms with Gasteiger partial charge in [0.05, 0.1) is 18.8 Å². The van der Waals surface area contributed by atoms with Gasteiger partial charge in [0.25, 0.3) is 5.91 Å². The molecule has 3 aliphatic heterocycles. The second kappa shape index (κ2) is 6.70. The number of hydrogen-bond donors (Lipinski definition) is 3. The van der Waals surface area contributed by atoms with Crippen LogP contribution in [-0.2, 0) is 16.0 Å². The number of carbonyl (C=O) groups is 2. The monoisotopic (exact) mass is 378 g/mol. The standard InChI is InChI=1S/C17H21BNO8/c20-16(13-2-1-7-25-13)19-8-11(9-19)26-12-4-3-10-5-6-18(23,24)27-15(10)14(12)17(21)22/h3-4,11,13,23-24H,1-2,5-9H2,(H,21,22)/q-1/t13-/m0/s1. The van der Waals surface area contributed by atoms with Crippen molar-refractivity contribution >= 4 is 18.6 Å². The second-order valence-electron chi connectivity index (χ2n) is 7.23. The molecule has 3 heterocycles. The van der Waals surface area contributed by atoms with Crippen LogP contribution >= 0.6 is 0 Å². The summed E-state index contributed by atoms with van der Waals surface area (Å²) in [4.78, 5) is 25.6. The molecule has 3 N–H and O–H groups in total. The molecule has 2 saturated heterocycles. The molecule has 0 radical (unpaired) electrons. The Morgan fingerprint density at radius 2 is 2.04 bits per heavy atom. The first kappa shape index (κ1) is 18.1. The summed E-state index contributed by atoms with van der Waals surface area (Å²) in [6, 6.07) is 3.21. The van der Waals surface area contributed by atoms with Gasteiger partial charge < -0.3 is 34.2 Å². The zero-order chi connectivity index (χ0) is 19.2. The summed E-state index contributed by atoms with van der Waals surface area (Å²) >= 11 is 0. The summed E-state index contributed by atoms with van der Waals surface area (Å²) in [6.07, 6.45) is 1.18. The van der Waals surface area contributed by atoms with Crippen LogP contribution in [0.4, 0.5) is 0 Å². The van der Waals surface area contributed by atoms with Crippen molar-refractivity contribution in [3.8, 4) is 11.5 Å². The summed E-state index contributed by atoms with van der Waals surface area (Å²) in [5.74, 6) is -1.32. The maximum atomic E-state index is 12.2. The highest BCUT2D eigenvalue weighted by Gasteiger charge is 2.39. The van der Waals surface area contributed by atoms with Crippen molar-refractivity contribution in [3.63, 3.8) is 0 Å². The van der Waals surface area contributed by atoms with Gasteiger partial charge >= 0.3 is 12.7 Å². The van der Waals surface area contributed by atoms with E-state index in [2.05, 4.69) is 0 Å². The van der Waals surface area contributed by atoms with E-state index in [1.54, 1.807) is 17.0 Å². The number of ether oxygens (including phenoxy) is 2. The van der Waals surface area contributed by atoms with Gasteiger partial charge in [0.15, 0.2) is 0 Å². The van der Waals surface area contributed by atoms with Crippen LogP contribution < -0.4 is 9.39 Å². The molecule has 4 rings (SSSR count). The van der Waals surface area contributed by atoms with Crippen molar-refractivity contribution in [2.75, 3.05) is 19.7 Å². The number of carbonyl (C=O) groups excluding carboxylic acids is 1. The number of aromatic carboxylic acids is 1. The Morgan fingerprint density at radius 1 is 1.26 bits per heavy atom. The molecule has 1 aromatic carbocycles. The van der Waals surface area contributed by atoms with Crippen molar-refractivity contribution in [1.82, 2.24) is 4.90 Å². The lowest BCUT2D eigenvalue weighted by Gasteiger charge is -2.41. The molecule has 3 aliphatic rings. The van der Waals surface area contributed by atoms with Gasteiger partial charge in [-0.3, -0.25) is 4.79 Å². The third kappa shape index (κ3) is 3.47. The summed E-state index contributed by atoms with van der Waals surface area (Å²) in [7, 11) is 0. The lowest BCUT2D eigenvalue weighted by atomic mass is 9.70. The molecule has 10 heteroatoms. The predicted octanol–water partition coefficient (Wildman–Crippen LogP) is 0.0118. The van der Waals surface area contributed by atoms with Crippen molar-refractivity contribution in [2.45, 2.75) is 37.8 Å². The van der Waals surface area contributed by atoms with Crippen LogP contribution in [0.25, 0.3) is 0 Å². The predicted molar refractivity (Wildman–Crippen MR) is 92.7 cm³/mol. The fourth-order valence-corrected chi connectivity index (χ4v) is 3.68. The van der Waals surface area contributed by atoms with Gasteiger partial charge in [0, 0.05) is 6.61 Å². The molecule has 0 bridgehead atoms. The fourth-order valence-electron chi connectivity index (χ4n) is 3.68. The van der Waals surface area contributed by atoms with Crippen molar-refractivity contribution < 1.29 is 38.9 Å². The van der Waals surface area contributed by atoms with Crippen LogP contribution in [0.2, 0.25) is 6.32 Å². The minimum absolute atomic E-state index is 0.00912. The first-order chi connectivity index (χ1) is 12.8. The maximum absolute atomic E-state index is 12.2. The highest BCUT2D eigenvalue weighted by atomic mass is 16.6. The normalized spacial score (nSPS) is 23.9. The number of hydrogen-bond acceptors (Lipinski definition) is 7. The van der Waals surface area contributed by atoms with Gasteiger partial charge in [-0.25, -0.2) is 4.79 Å². The fraction of sp³-hybridized carbons (Fsp3) is 0.529. The van der Waals surface area contributed by atoms with Crippen LogP contribution in [0, 0.1) is 0 Å². The second-order valence-corrected chi connectivity index (χ2v) is 7.23. The summed E-state index contributed by atoms with van der Waals surface area (Å²) in [5, 5.41) is 29.1. The Kier molecular flexibility index (Phi) is 4.49. The van der Waals surface area contributed by atoms with Gasteiger partial charge in [-0.05, 0) is 30.9 Å². The minimum atomic E-state index is -3.08. The average molecular weight is 378 g/mol. The van der Waals surface area contributed by atoms with Crippen LogP contribution in [0.1, 0.15) is 28.8 Å². The van der Waals surface area contributed by atoms with Crippen LogP contribution in [-0.4, -0.2) is 70.6 Å². The van der Waals surface area contributed by atoms with E-state index >= 15 is 0 Å². The number of benzene rings is 1. The first-order valence-corrected chi connectivity index (χ1v) is 9.09. The average Bonchev–Trinajstić information content (AvgIpc) is 3.10. The molecule has 27 heavy (non-hydrogen) atoms. The maximum Gasteiger partial charge on any atom is 0.430 e. The van der Waals surface area contributed by atoms with E-state index in [1.165, 1.54) is 0 Å². The van der Waals surface area contributed by atoms with Crippen molar-refractivity contribution in [2.24, 2.45) is 0 Å². The van der Waals surface area contributed by atoms with Crippen LogP contribution in [0.3, 0.4) is 0 Å². The van der Waals surface area contributed by atoms with E-state index in [9.17, 15) is 24.7 Å². The lowest BCUT2D eigenvalue weighted by molar-refractivity contribution is -0.149. The third-order valence-corrected chi connectivity index (χ3v) is 5.17. The summed E-state index contributed by atoms with van der Waals surface area (Å²) in [6.45, 7) is -1.78. The molecule has 2 fully saturated rings. The number of rotatable bonds is 4. The highest BCUT2D eigenvalue weighted by Crippen LogP contribution is 2.39. The van der Waals surface area contributed by atoms with Crippen LogP contribution in [0.15, 0.2) is 12.1 Å². The molecule has 146 valence electrons. The number of nitrogens with zero attached hydrogens (tertiary/aromatic N) is 1. The number of carboxylic acids is 1. The molecular weight excluding hydrogens is 357 g/mol. The zero-order valence-electron chi connectivity index (χ0n) is 14.7. The number of likely N-dealkylation sites (tertiary alicyclic amines) is 1. The van der Waals surface area contributed by atoms with Gasteiger partial charge in [-0.2, -0.15) is 0 Å². The Balaban J connectivity index is 1.47. The summed E-state index contributed by atoms with van der Waals surface area (Å²) in [5.41, 5.74) is 0.356. The molecule has 0 aliphatic carbocycles. The van der Waals surface area contributed by atoms with Gasteiger partial charge in [0.1, 0.15) is 23.5 Å². The number of fused-ring (bicyclic) bond motifs is 1. The Labute approximate surface area is 155 Å². The summed E-state index contributed by atoms with van der Waals surface area (Å²) < 4.78 is 16.3. The number of carboxylic acid groups (broad SMARTS) is 1. The van der Waals surface area contributed by atoms with Gasteiger partial charge in [-0.1, -0.05) is 12.4 Å². The van der Waals surface area contributed by atoms with E-state index in [0.717, 1.165) is 12.8 Å². The Morgan fingerprint density at radius 3 is 2.70 bits per heavy atom. The van der Waals surface area contributed by atoms with Crippen molar-refractivity contribution in [3.05, 3.63) is 23.3 Å². The Hall–Kier alpha value is -2.30. The van der Waals surface area contributed by atoms with Gasteiger partial charge in [-0.15, -0.1) is 0 Å². The molecule has 0 aromatic heterocycles. The Bertz CT molecular complexity index is 770. The molecule has 1 aromatic rings. The quantitative estimate of drug-likeness (QED) is 0.626. The van der Waals surface area contributed by atoms with E-state index in [1.807, 2.05) is 0 Å². The number of aryl methyl sites for hydroxylation is 1. The molecule has 0 saturated carbocycles. The molecule has 0 unspecified atom stereocenters. The highest BCUT2D eigenvalue weighted by molar-refractivity contribution is 6.59. The van der Waals surface area contributed by atoms with Crippen molar-refractivity contribution in [1.29, 1.82) is 0 Å². The van der Waals surface area contributed by atoms with Gasteiger partial charge in [0.2, 0.25) is 0 Å². The van der Waals surface area contributed by atoms with E-state index in [4.69, 9.17) is 14.1 Å². The third-order valence-electron chi connectivity index (χ3n) is 5.17. The van der Waals surface area contributed by atoms with Crippen LogP contribution in [0.5, 0.6) is 11.5 Å². The SMILES string of the molecule is O=C(O)c1c(OC2CN(C(=O)[C@@H]3CCCO3)C2)ccc2c1O[B-](O)(O)CC2. The molecule has 1 amide bonds. The minimum Gasteiger partial charge on any atom is -0.669 e.